The zero-order valence-electron chi connectivity index (χ0n) is 17.6. The molecular weight excluding hydrogens is 400 g/mol. The van der Waals surface area contributed by atoms with E-state index >= 15 is 0 Å². The molecule has 168 valence electrons. The summed E-state index contributed by atoms with van der Waals surface area (Å²) >= 11 is 0. The number of hydrogen-bond acceptors (Lipinski definition) is 7. The van der Waals surface area contributed by atoms with Crippen molar-refractivity contribution in [2.24, 2.45) is 0 Å². The predicted octanol–water partition coefficient (Wildman–Crippen LogP) is -0.968. The number of carbonyl (C=O) groups is 3. The highest BCUT2D eigenvalue weighted by Crippen LogP contribution is 2.09. The zero-order chi connectivity index (χ0) is 23.2. The van der Waals surface area contributed by atoms with Gasteiger partial charge in [0.25, 0.3) is 5.56 Å². The predicted molar refractivity (Wildman–Crippen MR) is 105 cm³/mol. The molecule has 1 aromatic heterocycles. The number of amides is 2. The Morgan fingerprint density at radius 2 is 1.90 bits per heavy atom. The Kier molecular flexibility index (Phi) is 8.34. The van der Waals surface area contributed by atoms with Crippen molar-refractivity contribution in [2.75, 3.05) is 13.1 Å². The fraction of sp³-hybridized carbons (Fsp3) is 0.611. The minimum atomic E-state index is -1.61. The highest BCUT2D eigenvalue weighted by Gasteiger charge is 2.33. The average molecular weight is 428 g/mol. The van der Waals surface area contributed by atoms with Gasteiger partial charge >= 0.3 is 17.8 Å². The van der Waals surface area contributed by atoms with Gasteiger partial charge in [0.15, 0.2) is 6.04 Å². The number of carboxylic acid groups (broad SMARTS) is 1. The third-order valence-electron chi connectivity index (χ3n) is 3.88. The van der Waals surface area contributed by atoms with Gasteiger partial charge in [-0.15, -0.1) is 0 Å². The highest BCUT2D eigenvalue weighted by atomic mass is 16.6. The molecule has 1 heterocycles. The number of alkyl carbamates (subject to hydrolysis) is 1. The monoisotopic (exact) mass is 428 g/mol. The fourth-order valence-corrected chi connectivity index (χ4v) is 2.58. The number of carbonyl (C=O) groups excluding carboxylic acids is 2. The van der Waals surface area contributed by atoms with Crippen LogP contribution in [0, 0.1) is 6.92 Å². The van der Waals surface area contributed by atoms with Crippen molar-refractivity contribution in [1.82, 2.24) is 19.8 Å². The lowest BCUT2D eigenvalue weighted by Crippen LogP contribution is -2.54. The number of carboxylic acids is 1. The first-order valence-corrected chi connectivity index (χ1v) is 9.20. The van der Waals surface area contributed by atoms with Crippen LogP contribution < -0.4 is 16.6 Å². The third kappa shape index (κ3) is 7.35. The number of aliphatic hydroxyl groups is 1. The molecule has 2 amide bonds. The molecule has 4 N–H and O–H groups in total. The van der Waals surface area contributed by atoms with Gasteiger partial charge in [0, 0.05) is 24.8 Å². The molecule has 12 nitrogen and oxygen atoms in total. The topological polar surface area (TPSA) is 171 Å². The lowest BCUT2D eigenvalue weighted by atomic mass is 10.1. The van der Waals surface area contributed by atoms with Gasteiger partial charge in [-0.3, -0.25) is 19.1 Å². The number of rotatable bonds is 8. The Morgan fingerprint density at radius 3 is 2.40 bits per heavy atom. The van der Waals surface area contributed by atoms with Crippen LogP contribution in [0.3, 0.4) is 0 Å². The quantitative estimate of drug-likeness (QED) is 0.410. The number of aryl methyl sites for hydroxylation is 1. The van der Waals surface area contributed by atoms with Crippen LogP contribution >= 0.6 is 0 Å². The minimum Gasteiger partial charge on any atom is -0.480 e. The first-order chi connectivity index (χ1) is 13.7. The summed E-state index contributed by atoms with van der Waals surface area (Å²) in [4.78, 5) is 62.4. The van der Waals surface area contributed by atoms with Crippen LogP contribution in [0.5, 0.6) is 0 Å². The Morgan fingerprint density at radius 1 is 1.30 bits per heavy atom. The number of aromatic nitrogens is 2. The molecule has 0 fully saturated rings. The lowest BCUT2D eigenvalue weighted by molar-refractivity contribution is -0.155. The largest absolute Gasteiger partial charge is 0.480 e. The number of hydrogen-bond donors (Lipinski definition) is 4. The number of ether oxygens (including phenoxy) is 1. The van der Waals surface area contributed by atoms with E-state index in [2.05, 4.69) is 5.32 Å². The molecule has 0 unspecified atom stereocenters. The molecule has 1 aromatic rings. The summed E-state index contributed by atoms with van der Waals surface area (Å²) in [6.07, 6.45) is -1.01. The average Bonchev–Trinajstić information content (AvgIpc) is 2.56. The van der Waals surface area contributed by atoms with Gasteiger partial charge in [-0.1, -0.05) is 0 Å². The van der Waals surface area contributed by atoms with Crippen LogP contribution in [0.2, 0.25) is 0 Å². The normalized spacial score (nSPS) is 13.3. The van der Waals surface area contributed by atoms with E-state index in [0.717, 1.165) is 9.47 Å². The van der Waals surface area contributed by atoms with Crippen molar-refractivity contribution in [1.29, 1.82) is 0 Å². The molecule has 1 rings (SSSR count). The molecule has 0 aliphatic carbocycles. The number of H-pyrrole nitrogens is 1. The standard InChI is InChI=1S/C18H28N4O8/c1-10-8-21(16(28)20-14(10)25)9-12(24)22(13(11(2)23)15(26)27)7-6-19-17(29)30-18(3,4)5/h8,11,13,23H,6-7,9H2,1-5H3,(H,19,29)(H,26,27)(H,20,25,28)/t11-,13+/m1/s1. The van der Waals surface area contributed by atoms with Gasteiger partial charge in [-0.25, -0.2) is 14.4 Å². The molecule has 0 aromatic carbocycles. The molecule has 0 bridgehead atoms. The van der Waals surface area contributed by atoms with Crippen molar-refractivity contribution in [3.05, 3.63) is 32.6 Å². The van der Waals surface area contributed by atoms with Crippen LogP contribution in [-0.4, -0.2) is 73.5 Å². The molecule has 0 aliphatic rings. The molecule has 0 aliphatic heterocycles. The van der Waals surface area contributed by atoms with Gasteiger partial charge < -0.3 is 25.2 Å². The summed E-state index contributed by atoms with van der Waals surface area (Å²) in [5, 5.41) is 21.7. The van der Waals surface area contributed by atoms with Crippen molar-refractivity contribution >= 4 is 18.0 Å². The maximum Gasteiger partial charge on any atom is 0.407 e. The maximum atomic E-state index is 12.8. The van der Waals surface area contributed by atoms with Crippen LogP contribution in [0.1, 0.15) is 33.3 Å². The van der Waals surface area contributed by atoms with Crippen LogP contribution in [0.25, 0.3) is 0 Å². The van der Waals surface area contributed by atoms with Crippen LogP contribution in [0.4, 0.5) is 4.79 Å². The van der Waals surface area contributed by atoms with Gasteiger partial charge in [0.1, 0.15) is 12.1 Å². The number of aromatic amines is 1. The SMILES string of the molecule is Cc1cn(CC(=O)N(CCNC(=O)OC(C)(C)C)[C@H](C(=O)O)[C@@H](C)O)c(=O)[nH]c1=O. The Balaban J connectivity index is 3.03. The Hall–Kier alpha value is -3.15. The molecular formula is C18H28N4O8. The summed E-state index contributed by atoms with van der Waals surface area (Å²) in [6, 6.07) is -1.61. The third-order valence-corrected chi connectivity index (χ3v) is 3.88. The summed E-state index contributed by atoms with van der Waals surface area (Å²) in [5.41, 5.74) is -2.00. The highest BCUT2D eigenvalue weighted by molar-refractivity contribution is 5.84. The molecule has 0 saturated carbocycles. The van der Waals surface area contributed by atoms with Crippen LogP contribution in [-0.2, 0) is 20.9 Å². The summed E-state index contributed by atoms with van der Waals surface area (Å²) < 4.78 is 6.00. The first-order valence-electron chi connectivity index (χ1n) is 9.20. The van der Waals surface area contributed by atoms with E-state index in [4.69, 9.17) is 4.74 Å². The second-order valence-corrected chi connectivity index (χ2v) is 7.74. The Bertz CT molecular complexity index is 897. The molecule has 30 heavy (non-hydrogen) atoms. The van der Waals surface area contributed by atoms with Crippen molar-refractivity contribution in [2.45, 2.75) is 58.9 Å². The zero-order valence-corrected chi connectivity index (χ0v) is 17.6. The summed E-state index contributed by atoms with van der Waals surface area (Å²) in [5.74, 6) is -2.26. The number of nitrogens with zero attached hydrogens (tertiary/aromatic N) is 2. The molecule has 0 spiro atoms. The van der Waals surface area contributed by atoms with Gasteiger partial charge in [-0.05, 0) is 34.6 Å². The lowest BCUT2D eigenvalue weighted by Gasteiger charge is -2.31. The van der Waals surface area contributed by atoms with Crippen molar-refractivity contribution < 1.29 is 29.3 Å². The van der Waals surface area contributed by atoms with E-state index in [-0.39, 0.29) is 18.7 Å². The van der Waals surface area contributed by atoms with E-state index < -0.39 is 53.5 Å². The van der Waals surface area contributed by atoms with Gasteiger partial charge in [-0.2, -0.15) is 0 Å². The number of aliphatic hydroxyl groups excluding tert-OH is 1. The molecule has 0 saturated heterocycles. The molecule has 2 atom stereocenters. The van der Waals surface area contributed by atoms with Gasteiger partial charge in [0.05, 0.1) is 6.10 Å². The Labute approximate surface area is 172 Å². The van der Waals surface area contributed by atoms with E-state index in [9.17, 15) is 34.2 Å². The first kappa shape index (κ1) is 24.9. The summed E-state index contributed by atoms with van der Waals surface area (Å²) in [6.45, 7) is 6.65. The van der Waals surface area contributed by atoms with Crippen LogP contribution in [0.15, 0.2) is 15.8 Å². The molecule has 0 radical (unpaired) electrons. The van der Waals surface area contributed by atoms with Crippen molar-refractivity contribution in [3.63, 3.8) is 0 Å². The fourth-order valence-electron chi connectivity index (χ4n) is 2.58. The van der Waals surface area contributed by atoms with E-state index in [1.54, 1.807) is 20.8 Å². The second-order valence-electron chi connectivity index (χ2n) is 7.74. The summed E-state index contributed by atoms with van der Waals surface area (Å²) in [7, 11) is 0. The minimum absolute atomic E-state index is 0.156. The van der Waals surface area contributed by atoms with Gasteiger partial charge in [0.2, 0.25) is 5.91 Å². The van der Waals surface area contributed by atoms with E-state index in [1.807, 2.05) is 4.98 Å². The van der Waals surface area contributed by atoms with E-state index in [1.165, 1.54) is 20.0 Å². The second kappa shape index (κ2) is 10.1. The number of aliphatic carboxylic acids is 1. The van der Waals surface area contributed by atoms with E-state index in [0.29, 0.717) is 0 Å². The smallest absolute Gasteiger partial charge is 0.407 e. The molecule has 12 heteroatoms. The maximum absolute atomic E-state index is 12.8. The van der Waals surface area contributed by atoms with Crippen molar-refractivity contribution in [3.8, 4) is 0 Å². The number of nitrogens with one attached hydrogen (secondary N) is 2.